The zero-order chi connectivity index (χ0) is 18.4. The molecule has 26 heavy (non-hydrogen) atoms. The van der Waals surface area contributed by atoms with Crippen molar-refractivity contribution in [3.05, 3.63) is 42.0 Å². The molecule has 1 saturated heterocycles. The van der Waals surface area contributed by atoms with Crippen molar-refractivity contribution < 1.29 is 19.0 Å². The smallest absolute Gasteiger partial charge is 0.254 e. The molecule has 3 rings (SSSR count). The van der Waals surface area contributed by atoms with E-state index in [9.17, 15) is 4.79 Å². The van der Waals surface area contributed by atoms with Crippen molar-refractivity contribution in [2.24, 2.45) is 0 Å². The highest BCUT2D eigenvalue weighted by molar-refractivity contribution is 5.94. The molecule has 7 nitrogen and oxygen atoms in total. The third-order valence-electron chi connectivity index (χ3n) is 4.35. The summed E-state index contributed by atoms with van der Waals surface area (Å²) in [5.74, 6) is 0.485. The van der Waals surface area contributed by atoms with Crippen molar-refractivity contribution in [2.45, 2.75) is 12.5 Å². The topological polar surface area (TPSA) is 73.8 Å². The van der Waals surface area contributed by atoms with Crippen LogP contribution in [0.5, 0.6) is 5.88 Å². The molecular formula is C19H23N3O4. The van der Waals surface area contributed by atoms with Crippen LogP contribution in [0.1, 0.15) is 16.8 Å². The SMILES string of the molecule is COCC[C@@H]1CN(C(=O)c2ccc(-c3ccc(OC)nn3)cc2)CCO1. The second kappa shape index (κ2) is 8.73. The fraction of sp³-hybridized carbons (Fsp3) is 0.421. The fourth-order valence-electron chi connectivity index (χ4n) is 2.88. The van der Waals surface area contributed by atoms with Crippen molar-refractivity contribution in [1.82, 2.24) is 15.1 Å². The fourth-order valence-corrected chi connectivity index (χ4v) is 2.88. The monoisotopic (exact) mass is 357 g/mol. The number of nitrogens with zero attached hydrogens (tertiary/aromatic N) is 3. The number of hydrogen-bond acceptors (Lipinski definition) is 6. The van der Waals surface area contributed by atoms with Gasteiger partial charge in [0.2, 0.25) is 5.88 Å². The molecule has 0 bridgehead atoms. The van der Waals surface area contributed by atoms with Crippen molar-refractivity contribution in [3.63, 3.8) is 0 Å². The normalized spacial score (nSPS) is 17.2. The zero-order valence-electron chi connectivity index (χ0n) is 15.1. The second-order valence-corrected chi connectivity index (χ2v) is 6.06. The average molecular weight is 357 g/mol. The number of benzene rings is 1. The summed E-state index contributed by atoms with van der Waals surface area (Å²) in [5, 5.41) is 8.09. The minimum atomic E-state index is 0.0167. The molecule has 1 aliphatic rings. The molecule has 0 aliphatic carbocycles. The molecule has 0 unspecified atom stereocenters. The molecule has 138 valence electrons. The van der Waals surface area contributed by atoms with Crippen LogP contribution in [0.25, 0.3) is 11.3 Å². The van der Waals surface area contributed by atoms with E-state index in [-0.39, 0.29) is 12.0 Å². The first-order chi connectivity index (χ1) is 12.7. The summed E-state index contributed by atoms with van der Waals surface area (Å²) >= 11 is 0. The van der Waals surface area contributed by atoms with Crippen LogP contribution < -0.4 is 4.74 Å². The van der Waals surface area contributed by atoms with E-state index in [1.54, 1.807) is 20.3 Å². The number of rotatable bonds is 6. The molecule has 0 saturated carbocycles. The van der Waals surface area contributed by atoms with Gasteiger partial charge in [0.1, 0.15) is 0 Å². The summed E-state index contributed by atoms with van der Waals surface area (Å²) in [7, 11) is 3.22. The van der Waals surface area contributed by atoms with Crippen LogP contribution in [0, 0.1) is 0 Å². The number of carbonyl (C=O) groups is 1. The highest BCUT2D eigenvalue weighted by atomic mass is 16.5. The molecule has 2 aromatic rings. The summed E-state index contributed by atoms with van der Waals surface area (Å²) in [6.45, 7) is 2.38. The second-order valence-electron chi connectivity index (χ2n) is 6.06. The largest absolute Gasteiger partial charge is 0.480 e. The van der Waals surface area contributed by atoms with Crippen LogP contribution in [0.2, 0.25) is 0 Å². The van der Waals surface area contributed by atoms with Gasteiger partial charge in [0.05, 0.1) is 25.5 Å². The Hall–Kier alpha value is -2.51. The lowest BCUT2D eigenvalue weighted by molar-refractivity contribution is -0.0332. The summed E-state index contributed by atoms with van der Waals surface area (Å²) in [5.41, 5.74) is 2.29. The van der Waals surface area contributed by atoms with Gasteiger partial charge in [-0.15, -0.1) is 10.2 Å². The van der Waals surface area contributed by atoms with Crippen LogP contribution >= 0.6 is 0 Å². The van der Waals surface area contributed by atoms with E-state index in [2.05, 4.69) is 10.2 Å². The third kappa shape index (κ3) is 4.36. The van der Waals surface area contributed by atoms with Gasteiger partial charge < -0.3 is 19.1 Å². The predicted octanol–water partition coefficient (Wildman–Crippen LogP) is 2.03. The summed E-state index contributed by atoms with van der Waals surface area (Å²) in [4.78, 5) is 14.6. The number of morpholine rings is 1. The molecule has 0 radical (unpaired) electrons. The van der Waals surface area contributed by atoms with Crippen LogP contribution in [-0.2, 0) is 9.47 Å². The molecule has 1 atom stereocenters. The Morgan fingerprint density at radius 1 is 1.19 bits per heavy atom. The molecule has 7 heteroatoms. The van der Waals surface area contributed by atoms with E-state index in [4.69, 9.17) is 14.2 Å². The minimum absolute atomic E-state index is 0.0167. The number of ether oxygens (including phenoxy) is 3. The molecule has 2 heterocycles. The maximum Gasteiger partial charge on any atom is 0.254 e. The van der Waals surface area contributed by atoms with E-state index in [0.717, 1.165) is 17.7 Å². The van der Waals surface area contributed by atoms with Gasteiger partial charge in [-0.3, -0.25) is 4.79 Å². The first kappa shape index (κ1) is 18.3. The van der Waals surface area contributed by atoms with E-state index >= 15 is 0 Å². The first-order valence-electron chi connectivity index (χ1n) is 8.59. The molecule has 1 aromatic carbocycles. The van der Waals surface area contributed by atoms with Gasteiger partial charge in [0, 0.05) is 44.0 Å². The first-order valence-corrected chi connectivity index (χ1v) is 8.59. The Bertz CT molecular complexity index is 719. The molecule has 1 amide bonds. The third-order valence-corrected chi connectivity index (χ3v) is 4.35. The summed E-state index contributed by atoms with van der Waals surface area (Å²) in [6.07, 6.45) is 0.816. The Balaban J connectivity index is 1.66. The van der Waals surface area contributed by atoms with Crippen molar-refractivity contribution >= 4 is 5.91 Å². The van der Waals surface area contributed by atoms with Gasteiger partial charge in [-0.2, -0.15) is 0 Å². The maximum atomic E-state index is 12.7. The van der Waals surface area contributed by atoms with E-state index in [1.165, 1.54) is 0 Å². The average Bonchev–Trinajstić information content (AvgIpc) is 2.72. The van der Waals surface area contributed by atoms with Crippen molar-refractivity contribution in [3.8, 4) is 17.1 Å². The summed E-state index contributed by atoms with van der Waals surface area (Å²) in [6, 6.07) is 11.0. The highest BCUT2D eigenvalue weighted by Crippen LogP contribution is 2.20. The molecular weight excluding hydrogens is 334 g/mol. The molecule has 1 aliphatic heterocycles. The van der Waals surface area contributed by atoms with E-state index < -0.39 is 0 Å². The van der Waals surface area contributed by atoms with Crippen LogP contribution in [0.3, 0.4) is 0 Å². The van der Waals surface area contributed by atoms with Gasteiger partial charge in [0.15, 0.2) is 0 Å². The van der Waals surface area contributed by atoms with Crippen LogP contribution in [-0.4, -0.2) is 67.6 Å². The van der Waals surface area contributed by atoms with Gasteiger partial charge in [-0.05, 0) is 24.6 Å². The van der Waals surface area contributed by atoms with E-state index in [1.807, 2.05) is 35.2 Å². The number of carbonyl (C=O) groups excluding carboxylic acids is 1. The van der Waals surface area contributed by atoms with Gasteiger partial charge in [0.25, 0.3) is 5.91 Å². The molecule has 1 aromatic heterocycles. The Morgan fingerprint density at radius 2 is 2.00 bits per heavy atom. The maximum absolute atomic E-state index is 12.7. The Labute approximate surface area is 152 Å². The highest BCUT2D eigenvalue weighted by Gasteiger charge is 2.24. The number of hydrogen-bond donors (Lipinski definition) is 0. The summed E-state index contributed by atoms with van der Waals surface area (Å²) < 4.78 is 15.8. The van der Waals surface area contributed by atoms with Crippen LogP contribution in [0.15, 0.2) is 36.4 Å². The molecule has 1 fully saturated rings. The van der Waals surface area contributed by atoms with Gasteiger partial charge in [-0.25, -0.2) is 0 Å². The Kier molecular flexibility index (Phi) is 6.14. The standard InChI is InChI=1S/C19H23N3O4/c1-24-11-9-16-13-22(10-12-26-16)19(23)15-5-3-14(4-6-15)17-7-8-18(25-2)21-20-17/h3-8,16H,9-13H2,1-2H3/t16-/m1/s1. The lowest BCUT2D eigenvalue weighted by Gasteiger charge is -2.33. The minimum Gasteiger partial charge on any atom is -0.480 e. The predicted molar refractivity (Wildman–Crippen MR) is 96.2 cm³/mol. The Morgan fingerprint density at radius 3 is 2.65 bits per heavy atom. The van der Waals surface area contributed by atoms with Crippen LogP contribution in [0.4, 0.5) is 0 Å². The number of amides is 1. The lowest BCUT2D eigenvalue weighted by atomic mass is 10.1. The van der Waals surface area contributed by atoms with Gasteiger partial charge in [-0.1, -0.05) is 12.1 Å². The van der Waals surface area contributed by atoms with Crippen molar-refractivity contribution in [2.75, 3.05) is 40.5 Å². The zero-order valence-corrected chi connectivity index (χ0v) is 15.1. The molecule has 0 N–H and O–H groups in total. The van der Waals surface area contributed by atoms with E-state index in [0.29, 0.717) is 37.7 Å². The van der Waals surface area contributed by atoms with Crippen molar-refractivity contribution in [1.29, 1.82) is 0 Å². The lowest BCUT2D eigenvalue weighted by Crippen LogP contribution is -2.45. The number of aromatic nitrogens is 2. The number of methoxy groups -OCH3 is 2. The molecule has 0 spiro atoms. The quantitative estimate of drug-likeness (QED) is 0.788. The van der Waals surface area contributed by atoms with Gasteiger partial charge >= 0.3 is 0 Å².